The lowest BCUT2D eigenvalue weighted by atomic mass is 9.98. The fraction of sp³-hybridized carbons (Fsp3) is 0.941. The zero-order valence-electron chi connectivity index (χ0n) is 16.2. The van der Waals surface area contributed by atoms with Crippen LogP contribution >= 0.6 is 12.4 Å². The number of likely N-dealkylation sites (N-methyl/N-ethyl adjacent to an activating group) is 1. The van der Waals surface area contributed by atoms with Gasteiger partial charge in [-0.25, -0.2) is 4.68 Å². The predicted octanol–water partition coefficient (Wildman–Crippen LogP) is 2.96. The quantitative estimate of drug-likeness (QED) is 0.750. The molecule has 1 aromatic heterocycles. The second-order valence-electron chi connectivity index (χ2n) is 7.73. The van der Waals surface area contributed by atoms with Crippen LogP contribution < -0.4 is 0 Å². The summed E-state index contributed by atoms with van der Waals surface area (Å²) in [5.74, 6) is 1.66. The minimum absolute atomic E-state index is 0. The summed E-state index contributed by atoms with van der Waals surface area (Å²) in [5, 5.41) is 12.8. The molecule has 24 heavy (non-hydrogen) atoms. The molecule has 2 rings (SSSR count). The van der Waals surface area contributed by atoms with Gasteiger partial charge in [0.25, 0.3) is 0 Å². The van der Waals surface area contributed by atoms with Gasteiger partial charge in [-0.15, -0.1) is 17.5 Å². The van der Waals surface area contributed by atoms with Crippen molar-refractivity contribution in [2.45, 2.75) is 66.0 Å². The Bertz CT molecular complexity index is 479. The first kappa shape index (κ1) is 21.3. The summed E-state index contributed by atoms with van der Waals surface area (Å²) in [6.07, 6.45) is 2.12. The van der Waals surface area contributed by atoms with Crippen molar-refractivity contribution in [3.05, 3.63) is 5.82 Å². The van der Waals surface area contributed by atoms with Crippen LogP contribution in [-0.4, -0.2) is 62.7 Å². The summed E-state index contributed by atoms with van der Waals surface area (Å²) in [6, 6.07) is 0.315. The van der Waals surface area contributed by atoms with Crippen LogP contribution in [-0.2, 0) is 5.54 Å². The lowest BCUT2D eigenvalue weighted by molar-refractivity contribution is 0.0799. The molecule has 1 aliphatic heterocycles. The number of piperazine rings is 1. The van der Waals surface area contributed by atoms with Crippen molar-refractivity contribution in [1.82, 2.24) is 30.0 Å². The van der Waals surface area contributed by atoms with E-state index in [4.69, 9.17) is 0 Å². The zero-order chi connectivity index (χ0) is 17.0. The number of hydrogen-bond donors (Lipinski definition) is 0. The van der Waals surface area contributed by atoms with E-state index in [1.807, 2.05) is 0 Å². The SMILES string of the molecule is CCN1CCN(C(CC(C)C)c2nnnn2C(C)(C)CC)CC1.Cl. The lowest BCUT2D eigenvalue weighted by Crippen LogP contribution is -2.48. The van der Waals surface area contributed by atoms with Crippen LogP contribution in [0.3, 0.4) is 0 Å². The maximum atomic E-state index is 4.44. The molecule has 0 aliphatic carbocycles. The highest BCUT2D eigenvalue weighted by atomic mass is 35.5. The third-order valence-corrected chi connectivity index (χ3v) is 5.22. The minimum Gasteiger partial charge on any atom is -0.301 e. The van der Waals surface area contributed by atoms with Crippen LogP contribution in [0.25, 0.3) is 0 Å². The van der Waals surface area contributed by atoms with Gasteiger partial charge in [-0.1, -0.05) is 27.7 Å². The third-order valence-electron chi connectivity index (χ3n) is 5.22. The Morgan fingerprint density at radius 3 is 2.21 bits per heavy atom. The largest absolute Gasteiger partial charge is 0.301 e. The topological polar surface area (TPSA) is 50.1 Å². The van der Waals surface area contributed by atoms with E-state index >= 15 is 0 Å². The number of tetrazole rings is 1. The van der Waals surface area contributed by atoms with Gasteiger partial charge in [0, 0.05) is 26.2 Å². The van der Waals surface area contributed by atoms with Crippen LogP contribution in [0.4, 0.5) is 0 Å². The normalized spacial score (nSPS) is 18.6. The van der Waals surface area contributed by atoms with Crippen molar-refractivity contribution in [2.24, 2.45) is 5.92 Å². The minimum atomic E-state index is -0.0424. The Kier molecular flexibility index (Phi) is 8.09. The summed E-state index contributed by atoms with van der Waals surface area (Å²) in [4.78, 5) is 5.10. The van der Waals surface area contributed by atoms with E-state index < -0.39 is 0 Å². The van der Waals surface area contributed by atoms with E-state index in [0.29, 0.717) is 12.0 Å². The van der Waals surface area contributed by atoms with Gasteiger partial charge in [-0.2, -0.15) is 0 Å². The molecule has 0 amide bonds. The van der Waals surface area contributed by atoms with Gasteiger partial charge < -0.3 is 4.90 Å². The van der Waals surface area contributed by atoms with Crippen LogP contribution in [0, 0.1) is 5.92 Å². The average Bonchev–Trinajstić information content (AvgIpc) is 3.03. The maximum Gasteiger partial charge on any atom is 0.168 e. The van der Waals surface area contributed by atoms with E-state index in [1.165, 1.54) is 0 Å². The van der Waals surface area contributed by atoms with E-state index in [9.17, 15) is 0 Å². The Hall–Kier alpha value is -0.720. The van der Waals surface area contributed by atoms with E-state index in [1.54, 1.807) is 0 Å². The molecule has 0 N–H and O–H groups in total. The molecule has 0 bridgehead atoms. The fourth-order valence-corrected chi connectivity index (χ4v) is 3.24. The highest BCUT2D eigenvalue weighted by molar-refractivity contribution is 5.85. The van der Waals surface area contributed by atoms with Gasteiger partial charge in [-0.3, -0.25) is 4.90 Å². The van der Waals surface area contributed by atoms with Crippen LogP contribution in [0.5, 0.6) is 0 Å². The van der Waals surface area contributed by atoms with Crippen LogP contribution in [0.1, 0.15) is 66.3 Å². The van der Waals surface area contributed by atoms with Gasteiger partial charge in [0.1, 0.15) is 0 Å². The van der Waals surface area contributed by atoms with Crippen molar-refractivity contribution >= 4 is 12.4 Å². The van der Waals surface area contributed by atoms with Crippen molar-refractivity contribution < 1.29 is 0 Å². The summed E-state index contributed by atoms with van der Waals surface area (Å²) < 4.78 is 2.06. The highest BCUT2D eigenvalue weighted by Gasteiger charge is 2.33. The second kappa shape index (κ2) is 9.11. The summed E-state index contributed by atoms with van der Waals surface area (Å²) in [6.45, 7) is 19.1. The highest BCUT2D eigenvalue weighted by Crippen LogP contribution is 2.30. The van der Waals surface area contributed by atoms with Gasteiger partial charge in [0.2, 0.25) is 0 Å². The van der Waals surface area contributed by atoms with Gasteiger partial charge in [-0.05, 0) is 49.6 Å². The molecule has 1 fully saturated rings. The van der Waals surface area contributed by atoms with Crippen molar-refractivity contribution in [3.63, 3.8) is 0 Å². The number of rotatable bonds is 7. The fourth-order valence-electron chi connectivity index (χ4n) is 3.24. The molecule has 1 saturated heterocycles. The monoisotopic (exact) mass is 358 g/mol. The van der Waals surface area contributed by atoms with Gasteiger partial charge in [0.15, 0.2) is 5.82 Å². The Morgan fingerprint density at radius 2 is 1.71 bits per heavy atom. The summed E-state index contributed by atoms with van der Waals surface area (Å²) >= 11 is 0. The molecule has 0 saturated carbocycles. The van der Waals surface area contributed by atoms with Crippen LogP contribution in [0.2, 0.25) is 0 Å². The predicted molar refractivity (Wildman–Crippen MR) is 101 cm³/mol. The standard InChI is InChI=1S/C17H34N6.ClH/c1-7-17(5,6)23-16(18-19-20-23)15(13-14(3)4)22-11-9-21(8-2)10-12-22;/h14-15H,7-13H2,1-6H3;1H. The van der Waals surface area contributed by atoms with Gasteiger partial charge >= 0.3 is 0 Å². The molecule has 0 radical (unpaired) electrons. The first-order valence-electron chi connectivity index (χ1n) is 9.14. The smallest absolute Gasteiger partial charge is 0.168 e. The number of halogens is 1. The number of hydrogen-bond acceptors (Lipinski definition) is 5. The molecule has 1 atom stereocenters. The molecule has 1 unspecified atom stereocenters. The molecular weight excluding hydrogens is 324 g/mol. The molecule has 6 nitrogen and oxygen atoms in total. The Morgan fingerprint density at radius 1 is 1.08 bits per heavy atom. The van der Waals surface area contributed by atoms with Crippen molar-refractivity contribution in [2.75, 3.05) is 32.7 Å². The average molecular weight is 359 g/mol. The maximum absolute atomic E-state index is 4.44. The molecule has 7 heteroatoms. The van der Waals surface area contributed by atoms with Crippen molar-refractivity contribution in [3.8, 4) is 0 Å². The Balaban J connectivity index is 0.00000288. The number of nitrogens with zero attached hydrogens (tertiary/aromatic N) is 6. The van der Waals surface area contributed by atoms with E-state index in [0.717, 1.165) is 51.4 Å². The molecule has 1 aliphatic rings. The lowest BCUT2D eigenvalue weighted by Gasteiger charge is -2.39. The molecule has 1 aromatic rings. The molecule has 2 heterocycles. The first-order valence-corrected chi connectivity index (χ1v) is 9.14. The Labute approximate surface area is 153 Å². The molecule has 0 spiro atoms. The molecular formula is C17H35ClN6. The zero-order valence-corrected chi connectivity index (χ0v) is 17.0. The first-order chi connectivity index (χ1) is 10.9. The third kappa shape index (κ3) is 4.90. The van der Waals surface area contributed by atoms with Crippen molar-refractivity contribution in [1.29, 1.82) is 0 Å². The molecule has 0 aromatic carbocycles. The summed E-state index contributed by atoms with van der Waals surface area (Å²) in [7, 11) is 0. The van der Waals surface area contributed by atoms with E-state index in [-0.39, 0.29) is 17.9 Å². The van der Waals surface area contributed by atoms with Gasteiger partial charge in [0.05, 0.1) is 11.6 Å². The van der Waals surface area contributed by atoms with E-state index in [2.05, 4.69) is 71.5 Å². The van der Waals surface area contributed by atoms with Crippen LogP contribution in [0.15, 0.2) is 0 Å². The second-order valence-corrected chi connectivity index (χ2v) is 7.73. The molecule has 140 valence electrons. The summed E-state index contributed by atoms with van der Waals surface area (Å²) in [5.41, 5.74) is -0.0424. The number of aromatic nitrogens is 4.